The Hall–Kier alpha value is -2.21. The van der Waals surface area contributed by atoms with Gasteiger partial charge in [0.25, 0.3) is 0 Å². The average molecular weight is 395 g/mol. The first-order chi connectivity index (χ1) is 13.0. The molecule has 0 aliphatic rings. The molecule has 1 unspecified atom stereocenters. The van der Waals surface area contributed by atoms with E-state index in [0.717, 1.165) is 0 Å². The second-order valence-electron chi connectivity index (χ2n) is 5.58. The maximum absolute atomic E-state index is 13.5. The molecule has 2 N–H and O–H groups in total. The van der Waals surface area contributed by atoms with Crippen LogP contribution in [0.25, 0.3) is 0 Å². The Labute approximate surface area is 159 Å². The van der Waals surface area contributed by atoms with Gasteiger partial charge >= 0.3 is 7.60 Å². The monoisotopic (exact) mass is 395 g/mol. The number of hydrogen-bond acceptors (Lipinski definition) is 7. The van der Waals surface area contributed by atoms with Gasteiger partial charge in [0, 0.05) is 6.07 Å². The van der Waals surface area contributed by atoms with Crippen LogP contribution in [0.5, 0.6) is 17.2 Å². The molecule has 2 rings (SSSR count). The Morgan fingerprint density at radius 3 is 2.00 bits per heavy atom. The van der Waals surface area contributed by atoms with Crippen LogP contribution in [0.15, 0.2) is 42.5 Å². The summed E-state index contributed by atoms with van der Waals surface area (Å²) in [6.07, 6.45) is 0. The normalized spacial score (nSPS) is 12.4. The van der Waals surface area contributed by atoms with E-state index >= 15 is 0 Å². The van der Waals surface area contributed by atoms with Crippen LogP contribution in [0.1, 0.15) is 25.2 Å². The van der Waals surface area contributed by atoms with E-state index in [9.17, 15) is 9.67 Å². The summed E-state index contributed by atoms with van der Waals surface area (Å²) in [5.41, 5.74) is 1.06. The van der Waals surface area contributed by atoms with Gasteiger partial charge in [-0.05, 0) is 43.7 Å². The smallest absolute Gasteiger partial charge is 0.357 e. The highest BCUT2D eigenvalue weighted by Crippen LogP contribution is 2.61. The maximum Gasteiger partial charge on any atom is 0.357 e. The minimum atomic E-state index is -3.57. The fourth-order valence-electron chi connectivity index (χ4n) is 2.59. The van der Waals surface area contributed by atoms with Crippen LogP contribution in [0.3, 0.4) is 0 Å². The molecule has 0 aliphatic heterocycles. The second-order valence-corrected chi connectivity index (χ2v) is 7.69. The molecule has 27 heavy (non-hydrogen) atoms. The Balaban J connectivity index is 2.46. The van der Waals surface area contributed by atoms with E-state index in [4.69, 9.17) is 18.5 Å². The van der Waals surface area contributed by atoms with Gasteiger partial charge in [-0.1, -0.05) is 12.1 Å². The molecule has 0 aromatic heterocycles. The maximum atomic E-state index is 13.5. The zero-order valence-electron chi connectivity index (χ0n) is 16.0. The first-order valence-electron chi connectivity index (χ1n) is 8.63. The Morgan fingerprint density at radius 1 is 0.963 bits per heavy atom. The summed E-state index contributed by atoms with van der Waals surface area (Å²) in [5, 5.41) is 13.4. The molecule has 148 valence electrons. The third-order valence-electron chi connectivity index (χ3n) is 3.86. The lowest BCUT2D eigenvalue weighted by molar-refractivity contribution is 0.214. The molecule has 0 radical (unpaired) electrons. The zero-order chi connectivity index (χ0) is 19.9. The minimum Gasteiger partial charge on any atom is -0.506 e. The highest BCUT2D eigenvalue weighted by atomic mass is 31.2. The molecule has 8 heteroatoms. The quantitative estimate of drug-likeness (QED) is 0.442. The van der Waals surface area contributed by atoms with Gasteiger partial charge in [-0.25, -0.2) is 0 Å². The molecule has 0 spiro atoms. The molecule has 2 aromatic carbocycles. The van der Waals surface area contributed by atoms with Gasteiger partial charge in [0.2, 0.25) is 0 Å². The van der Waals surface area contributed by atoms with Gasteiger partial charge in [0.1, 0.15) is 17.2 Å². The average Bonchev–Trinajstić information content (AvgIpc) is 2.67. The fourth-order valence-corrected chi connectivity index (χ4v) is 4.51. The topological polar surface area (TPSA) is 86.3 Å². The summed E-state index contributed by atoms with van der Waals surface area (Å²) in [6, 6.07) is 11.9. The van der Waals surface area contributed by atoms with Crippen LogP contribution in [0, 0.1) is 0 Å². The largest absolute Gasteiger partial charge is 0.506 e. The molecule has 0 heterocycles. The van der Waals surface area contributed by atoms with Gasteiger partial charge in [-0.2, -0.15) is 0 Å². The van der Waals surface area contributed by atoms with Gasteiger partial charge in [-0.3, -0.25) is 4.57 Å². The SMILES string of the molecule is CCOP(=O)(OCC)C(Nc1ccc(OC)cc1O)c1ccc(OC)cc1. The van der Waals surface area contributed by atoms with Crippen LogP contribution in [-0.2, 0) is 13.6 Å². The van der Waals surface area contributed by atoms with Crippen molar-refractivity contribution in [3.8, 4) is 17.2 Å². The van der Waals surface area contributed by atoms with Crippen molar-refractivity contribution in [1.29, 1.82) is 0 Å². The molecule has 0 amide bonds. The third kappa shape index (κ3) is 5.16. The lowest BCUT2D eigenvalue weighted by Gasteiger charge is -2.28. The number of rotatable bonds is 10. The van der Waals surface area contributed by atoms with Crippen molar-refractivity contribution in [3.05, 3.63) is 48.0 Å². The molecule has 0 bridgehead atoms. The summed E-state index contributed by atoms with van der Waals surface area (Å²) in [4.78, 5) is 0. The van der Waals surface area contributed by atoms with Crippen LogP contribution in [0.2, 0.25) is 0 Å². The van der Waals surface area contributed by atoms with Gasteiger partial charge in [0.05, 0.1) is 33.1 Å². The van der Waals surface area contributed by atoms with Crippen LogP contribution in [0.4, 0.5) is 5.69 Å². The van der Waals surface area contributed by atoms with Gasteiger partial charge in [-0.15, -0.1) is 0 Å². The number of aromatic hydroxyl groups is 1. The van der Waals surface area contributed by atoms with Crippen molar-refractivity contribution in [2.45, 2.75) is 19.6 Å². The van der Waals surface area contributed by atoms with Crippen LogP contribution < -0.4 is 14.8 Å². The summed E-state index contributed by atoms with van der Waals surface area (Å²) >= 11 is 0. The van der Waals surface area contributed by atoms with Crippen molar-refractivity contribution in [3.63, 3.8) is 0 Å². The second kappa shape index (κ2) is 9.65. The predicted molar refractivity (Wildman–Crippen MR) is 105 cm³/mol. The molecule has 0 saturated heterocycles. The Kier molecular flexibility index (Phi) is 7.54. The minimum absolute atomic E-state index is 0.0348. The van der Waals surface area contributed by atoms with E-state index in [1.54, 1.807) is 57.4 Å². The molecular weight excluding hydrogens is 369 g/mol. The first kappa shape index (κ1) is 21.1. The number of nitrogens with one attached hydrogen (secondary N) is 1. The van der Waals surface area contributed by atoms with Gasteiger partial charge in [0.15, 0.2) is 5.78 Å². The fraction of sp³-hybridized carbons (Fsp3) is 0.368. The van der Waals surface area contributed by atoms with Crippen molar-refractivity contribution in [2.75, 3.05) is 32.8 Å². The molecule has 1 atom stereocenters. The zero-order valence-corrected chi connectivity index (χ0v) is 16.9. The van der Waals surface area contributed by atoms with E-state index in [1.165, 1.54) is 13.2 Å². The summed E-state index contributed by atoms with van der Waals surface area (Å²) in [5.74, 6) is 0.333. The highest BCUT2D eigenvalue weighted by molar-refractivity contribution is 7.54. The molecule has 0 saturated carbocycles. The van der Waals surface area contributed by atoms with E-state index in [2.05, 4.69) is 5.32 Å². The lowest BCUT2D eigenvalue weighted by Crippen LogP contribution is -2.15. The van der Waals surface area contributed by atoms with E-state index in [0.29, 0.717) is 22.7 Å². The number of methoxy groups -OCH3 is 2. The summed E-state index contributed by atoms with van der Waals surface area (Å²) in [7, 11) is -0.484. The summed E-state index contributed by atoms with van der Waals surface area (Å²) in [6.45, 7) is 3.95. The molecular formula is C19H26NO6P. The number of ether oxygens (including phenoxy) is 2. The Bertz CT molecular complexity index is 770. The van der Waals surface area contributed by atoms with Crippen molar-refractivity contribution >= 4 is 13.3 Å². The lowest BCUT2D eigenvalue weighted by atomic mass is 10.2. The number of phenolic OH excluding ortho intramolecular Hbond substituents is 1. The van der Waals surface area contributed by atoms with Crippen molar-refractivity contribution < 1.29 is 28.2 Å². The van der Waals surface area contributed by atoms with E-state index in [1.807, 2.05) is 0 Å². The van der Waals surface area contributed by atoms with Crippen molar-refractivity contribution in [2.24, 2.45) is 0 Å². The molecule has 2 aromatic rings. The van der Waals surface area contributed by atoms with E-state index in [-0.39, 0.29) is 19.0 Å². The summed E-state index contributed by atoms with van der Waals surface area (Å²) < 4.78 is 34.8. The Morgan fingerprint density at radius 2 is 1.52 bits per heavy atom. The number of benzene rings is 2. The number of anilines is 1. The highest BCUT2D eigenvalue weighted by Gasteiger charge is 2.37. The third-order valence-corrected chi connectivity index (χ3v) is 6.16. The standard InChI is InChI=1S/C19H26NO6P/c1-5-25-27(22,26-6-2)19(14-7-9-15(23-3)10-8-14)20-17-12-11-16(24-4)13-18(17)21/h7-13,19-21H,5-6H2,1-4H3. The molecule has 0 aliphatic carbocycles. The van der Waals surface area contributed by atoms with Crippen LogP contribution in [-0.4, -0.2) is 32.5 Å². The first-order valence-corrected chi connectivity index (χ1v) is 10.2. The number of hydrogen-bond donors (Lipinski definition) is 2. The van der Waals surface area contributed by atoms with Gasteiger partial charge < -0.3 is 28.9 Å². The van der Waals surface area contributed by atoms with Crippen molar-refractivity contribution in [1.82, 2.24) is 0 Å². The molecule has 7 nitrogen and oxygen atoms in total. The predicted octanol–water partition coefficient (Wildman–Crippen LogP) is 4.79. The number of phenols is 1. The van der Waals surface area contributed by atoms with E-state index < -0.39 is 13.4 Å². The van der Waals surface area contributed by atoms with Crippen LogP contribution >= 0.6 is 7.60 Å². The molecule has 0 fully saturated rings.